The van der Waals surface area contributed by atoms with Gasteiger partial charge in [0.1, 0.15) is 5.75 Å². The Labute approximate surface area is 221 Å². The van der Waals surface area contributed by atoms with Crippen LogP contribution in [0.4, 0.5) is 0 Å². The van der Waals surface area contributed by atoms with Crippen LogP contribution in [0.25, 0.3) is 11.1 Å². The molecule has 0 N–H and O–H groups in total. The first-order valence-electron chi connectivity index (χ1n) is 14.9. The largest absolute Gasteiger partial charge is 0.494 e. The van der Waals surface area contributed by atoms with Crippen molar-refractivity contribution >= 4 is 0 Å². The third kappa shape index (κ3) is 8.99. The van der Waals surface area contributed by atoms with Crippen LogP contribution >= 0.6 is 0 Å². The summed E-state index contributed by atoms with van der Waals surface area (Å²) in [6.07, 6.45) is 19.7. The molecule has 0 unspecified atom stereocenters. The Balaban J connectivity index is 1.43. The van der Waals surface area contributed by atoms with Crippen LogP contribution in [0.3, 0.4) is 0 Å². The SMILES string of the molecule is CCCCCCCCOc1ccc(-c2ccc(C3CCC(C#N)(CCCCCCC)CC3)cc2)cc1. The van der Waals surface area contributed by atoms with Gasteiger partial charge < -0.3 is 4.74 Å². The van der Waals surface area contributed by atoms with E-state index in [2.05, 4.69) is 68.4 Å². The molecule has 0 aromatic heterocycles. The summed E-state index contributed by atoms with van der Waals surface area (Å²) in [5.74, 6) is 1.57. The Morgan fingerprint density at radius 3 is 1.83 bits per heavy atom. The summed E-state index contributed by atoms with van der Waals surface area (Å²) < 4.78 is 5.95. The van der Waals surface area contributed by atoms with Crippen molar-refractivity contribution in [1.82, 2.24) is 0 Å². The lowest BCUT2D eigenvalue weighted by Crippen LogP contribution is -2.25. The van der Waals surface area contributed by atoms with Crippen LogP contribution in [0.5, 0.6) is 5.75 Å². The molecule has 0 bridgehead atoms. The fourth-order valence-electron chi connectivity index (χ4n) is 5.75. The van der Waals surface area contributed by atoms with Gasteiger partial charge in [-0.2, -0.15) is 5.26 Å². The van der Waals surface area contributed by atoms with Crippen molar-refractivity contribution < 1.29 is 4.74 Å². The fourth-order valence-corrected chi connectivity index (χ4v) is 5.75. The Hall–Kier alpha value is -2.27. The van der Waals surface area contributed by atoms with E-state index in [-0.39, 0.29) is 5.41 Å². The van der Waals surface area contributed by atoms with Crippen LogP contribution in [-0.4, -0.2) is 6.61 Å². The molecule has 0 amide bonds. The Kier molecular flexibility index (Phi) is 12.4. The maximum atomic E-state index is 9.92. The van der Waals surface area contributed by atoms with E-state index in [9.17, 15) is 5.26 Å². The van der Waals surface area contributed by atoms with Crippen molar-refractivity contribution in [2.75, 3.05) is 6.61 Å². The van der Waals surface area contributed by atoms with Gasteiger partial charge in [-0.05, 0) is 73.3 Å². The van der Waals surface area contributed by atoms with Crippen molar-refractivity contribution in [3.8, 4) is 22.9 Å². The summed E-state index contributed by atoms with van der Waals surface area (Å²) in [5, 5.41) is 9.92. The van der Waals surface area contributed by atoms with Gasteiger partial charge in [-0.15, -0.1) is 0 Å². The van der Waals surface area contributed by atoms with Gasteiger partial charge in [0.05, 0.1) is 18.1 Å². The number of nitriles is 1. The van der Waals surface area contributed by atoms with Crippen molar-refractivity contribution in [1.29, 1.82) is 5.26 Å². The summed E-state index contributed by atoms with van der Waals surface area (Å²) >= 11 is 0. The molecule has 1 aliphatic rings. The molecule has 0 aliphatic heterocycles. The predicted octanol–water partition coefficient (Wildman–Crippen LogP) is 10.6. The lowest BCUT2D eigenvalue weighted by Gasteiger charge is -2.35. The number of ether oxygens (including phenoxy) is 1. The Bertz CT molecular complexity index is 884. The van der Waals surface area contributed by atoms with Gasteiger partial charge in [0.2, 0.25) is 0 Å². The van der Waals surface area contributed by atoms with Gasteiger partial charge >= 0.3 is 0 Å². The topological polar surface area (TPSA) is 33.0 Å². The summed E-state index contributed by atoms with van der Waals surface area (Å²) in [6, 6.07) is 20.4. The number of hydrogen-bond acceptors (Lipinski definition) is 2. The van der Waals surface area contributed by atoms with E-state index in [1.54, 1.807) is 0 Å². The molecule has 2 aromatic carbocycles. The van der Waals surface area contributed by atoms with Crippen molar-refractivity contribution in [2.24, 2.45) is 5.41 Å². The molecule has 3 rings (SSSR count). The van der Waals surface area contributed by atoms with Gasteiger partial charge in [0.15, 0.2) is 0 Å². The van der Waals surface area contributed by atoms with Crippen LogP contribution in [-0.2, 0) is 0 Å². The standard InChI is InChI=1S/C34H49NO/c1-3-5-7-9-11-13-27-36-33-20-18-31(19-21-33)29-14-16-30(17-15-29)32-22-25-34(28-35,26-23-32)24-12-10-8-6-4-2/h14-21,32H,3-13,22-27H2,1-2H3. The second-order valence-electron chi connectivity index (χ2n) is 11.1. The third-order valence-corrected chi connectivity index (χ3v) is 8.28. The molecule has 0 heterocycles. The van der Waals surface area contributed by atoms with E-state index in [1.165, 1.54) is 80.9 Å². The molecular formula is C34H49NO. The first-order chi connectivity index (χ1) is 17.7. The zero-order valence-corrected chi connectivity index (χ0v) is 23.1. The van der Waals surface area contributed by atoms with E-state index in [4.69, 9.17) is 4.74 Å². The summed E-state index contributed by atoms with van der Waals surface area (Å²) in [7, 11) is 0. The highest BCUT2D eigenvalue weighted by atomic mass is 16.5. The number of benzene rings is 2. The maximum absolute atomic E-state index is 9.92. The Morgan fingerprint density at radius 1 is 0.722 bits per heavy atom. The molecule has 1 saturated carbocycles. The van der Waals surface area contributed by atoms with Gasteiger partial charge in [0.25, 0.3) is 0 Å². The van der Waals surface area contributed by atoms with Gasteiger partial charge in [0, 0.05) is 0 Å². The highest BCUT2D eigenvalue weighted by molar-refractivity contribution is 5.64. The Morgan fingerprint density at radius 2 is 1.25 bits per heavy atom. The highest BCUT2D eigenvalue weighted by Gasteiger charge is 2.35. The van der Waals surface area contributed by atoms with Crippen LogP contribution in [0.15, 0.2) is 48.5 Å². The molecule has 2 aromatic rings. The molecule has 2 nitrogen and oxygen atoms in total. The second-order valence-corrected chi connectivity index (χ2v) is 11.1. The smallest absolute Gasteiger partial charge is 0.119 e. The molecular weight excluding hydrogens is 438 g/mol. The maximum Gasteiger partial charge on any atom is 0.119 e. The lowest BCUT2D eigenvalue weighted by atomic mass is 9.67. The first kappa shape index (κ1) is 28.3. The molecule has 1 aliphatic carbocycles. The lowest BCUT2D eigenvalue weighted by molar-refractivity contribution is 0.223. The first-order valence-corrected chi connectivity index (χ1v) is 14.9. The summed E-state index contributed by atoms with van der Waals surface area (Å²) in [4.78, 5) is 0. The minimum atomic E-state index is -0.0679. The molecule has 196 valence electrons. The van der Waals surface area contributed by atoms with E-state index >= 15 is 0 Å². The molecule has 0 saturated heterocycles. The number of nitrogens with zero attached hydrogens (tertiary/aromatic N) is 1. The zero-order valence-electron chi connectivity index (χ0n) is 23.1. The molecule has 0 spiro atoms. The molecule has 0 atom stereocenters. The van der Waals surface area contributed by atoms with Gasteiger partial charge in [-0.1, -0.05) is 114 Å². The molecule has 0 radical (unpaired) electrons. The molecule has 36 heavy (non-hydrogen) atoms. The zero-order chi connectivity index (χ0) is 25.5. The number of hydrogen-bond donors (Lipinski definition) is 0. The quantitative estimate of drug-likeness (QED) is 0.221. The van der Waals surface area contributed by atoms with Crippen molar-refractivity contribution in [3.05, 3.63) is 54.1 Å². The highest BCUT2D eigenvalue weighted by Crippen LogP contribution is 2.46. The van der Waals surface area contributed by atoms with E-state index < -0.39 is 0 Å². The summed E-state index contributed by atoms with van der Waals surface area (Å²) in [5.41, 5.74) is 3.87. The monoisotopic (exact) mass is 487 g/mol. The number of unbranched alkanes of at least 4 members (excludes halogenated alkanes) is 9. The van der Waals surface area contributed by atoms with Crippen LogP contribution in [0.1, 0.15) is 128 Å². The molecule has 1 fully saturated rings. The van der Waals surface area contributed by atoms with E-state index in [0.29, 0.717) is 5.92 Å². The average Bonchev–Trinajstić information content (AvgIpc) is 2.93. The van der Waals surface area contributed by atoms with Crippen molar-refractivity contribution in [3.63, 3.8) is 0 Å². The van der Waals surface area contributed by atoms with Crippen molar-refractivity contribution in [2.45, 2.75) is 122 Å². The van der Waals surface area contributed by atoms with Crippen LogP contribution in [0.2, 0.25) is 0 Å². The molecule has 2 heteroatoms. The van der Waals surface area contributed by atoms with Crippen LogP contribution < -0.4 is 4.74 Å². The van der Waals surface area contributed by atoms with Gasteiger partial charge in [-0.3, -0.25) is 0 Å². The van der Waals surface area contributed by atoms with E-state index in [1.807, 2.05) is 0 Å². The third-order valence-electron chi connectivity index (χ3n) is 8.28. The summed E-state index contributed by atoms with van der Waals surface area (Å²) in [6.45, 7) is 5.33. The van der Waals surface area contributed by atoms with Gasteiger partial charge in [-0.25, -0.2) is 0 Å². The minimum absolute atomic E-state index is 0.0679. The minimum Gasteiger partial charge on any atom is -0.494 e. The second kappa shape index (κ2) is 15.8. The van der Waals surface area contributed by atoms with Crippen LogP contribution in [0, 0.1) is 16.7 Å². The number of rotatable bonds is 16. The normalized spacial score (nSPS) is 19.6. The van der Waals surface area contributed by atoms with E-state index in [0.717, 1.165) is 50.9 Å². The average molecular weight is 488 g/mol. The predicted molar refractivity (Wildman–Crippen MR) is 153 cm³/mol. The fraction of sp³-hybridized carbons (Fsp3) is 0.618.